The number of carbonyl (C=O) groups excluding carboxylic acids is 1. The number of nitrogen functional groups attached to an aromatic ring is 1. The molecule has 0 saturated carbocycles. The number of anilines is 1. The van der Waals surface area contributed by atoms with E-state index < -0.39 is 0 Å². The predicted octanol–water partition coefficient (Wildman–Crippen LogP) is 2.20. The molecule has 0 aliphatic rings. The van der Waals surface area contributed by atoms with Gasteiger partial charge < -0.3 is 11.1 Å². The molecule has 1 aromatic rings. The van der Waals surface area contributed by atoms with Crippen LogP contribution in [0.1, 0.15) is 18.4 Å². The van der Waals surface area contributed by atoms with Gasteiger partial charge in [-0.05, 0) is 36.8 Å². The summed E-state index contributed by atoms with van der Waals surface area (Å²) in [5.74, 6) is 1.01. The van der Waals surface area contributed by atoms with Gasteiger partial charge in [-0.1, -0.05) is 6.07 Å². The van der Waals surface area contributed by atoms with Crippen LogP contribution in [0.25, 0.3) is 0 Å². The zero-order chi connectivity index (χ0) is 12.0. The highest BCUT2D eigenvalue weighted by Gasteiger charge is 2.02. The summed E-state index contributed by atoms with van der Waals surface area (Å²) in [6.07, 6.45) is 1.45. The fourth-order valence-electron chi connectivity index (χ4n) is 1.31. The molecule has 1 aromatic carbocycles. The number of hydrogen-bond donors (Lipinski definition) is 2. The number of nitrogens with one attached hydrogen (secondary N) is 1. The average Bonchev–Trinajstić information content (AvgIpc) is 2.28. The SMILES string of the molecule is CNC(=O)CCCSc1cc(C)ccc1N. The van der Waals surface area contributed by atoms with Gasteiger partial charge in [0.25, 0.3) is 0 Å². The van der Waals surface area contributed by atoms with Crippen molar-refractivity contribution in [3.8, 4) is 0 Å². The Bertz CT molecular complexity index is 366. The molecule has 1 rings (SSSR count). The van der Waals surface area contributed by atoms with E-state index in [1.807, 2.05) is 19.1 Å². The number of nitrogens with two attached hydrogens (primary N) is 1. The van der Waals surface area contributed by atoms with Crippen LogP contribution in [0, 0.1) is 6.92 Å². The fraction of sp³-hybridized carbons (Fsp3) is 0.417. The summed E-state index contributed by atoms with van der Waals surface area (Å²) in [5.41, 5.74) is 7.88. The number of thioether (sulfide) groups is 1. The van der Waals surface area contributed by atoms with E-state index in [1.54, 1.807) is 18.8 Å². The van der Waals surface area contributed by atoms with Gasteiger partial charge in [-0.15, -0.1) is 11.8 Å². The molecule has 0 spiro atoms. The van der Waals surface area contributed by atoms with Gasteiger partial charge in [-0.25, -0.2) is 0 Å². The topological polar surface area (TPSA) is 55.1 Å². The number of rotatable bonds is 5. The zero-order valence-electron chi connectivity index (χ0n) is 9.75. The summed E-state index contributed by atoms with van der Waals surface area (Å²) in [5, 5.41) is 2.61. The normalized spacial score (nSPS) is 10.1. The van der Waals surface area contributed by atoms with Gasteiger partial charge in [0, 0.05) is 24.1 Å². The highest BCUT2D eigenvalue weighted by molar-refractivity contribution is 7.99. The largest absolute Gasteiger partial charge is 0.398 e. The molecule has 0 heterocycles. The molecule has 0 fully saturated rings. The molecule has 0 radical (unpaired) electrons. The third-order valence-corrected chi connectivity index (χ3v) is 3.41. The lowest BCUT2D eigenvalue weighted by molar-refractivity contribution is -0.120. The van der Waals surface area contributed by atoms with Crippen LogP contribution in [-0.4, -0.2) is 18.7 Å². The van der Waals surface area contributed by atoms with Gasteiger partial charge in [0.15, 0.2) is 0 Å². The van der Waals surface area contributed by atoms with E-state index in [9.17, 15) is 4.79 Å². The number of amides is 1. The summed E-state index contributed by atoms with van der Waals surface area (Å²) in [6.45, 7) is 2.05. The maximum atomic E-state index is 11.0. The van der Waals surface area contributed by atoms with Gasteiger partial charge in [0.1, 0.15) is 0 Å². The molecule has 0 aliphatic heterocycles. The highest BCUT2D eigenvalue weighted by atomic mass is 32.2. The van der Waals surface area contributed by atoms with E-state index in [-0.39, 0.29) is 5.91 Å². The molecule has 1 amide bonds. The Kier molecular flexibility index (Phi) is 5.19. The van der Waals surface area contributed by atoms with Crippen LogP contribution in [0.2, 0.25) is 0 Å². The Morgan fingerprint density at radius 3 is 2.94 bits per heavy atom. The minimum Gasteiger partial charge on any atom is -0.398 e. The van der Waals surface area contributed by atoms with Crippen molar-refractivity contribution >= 4 is 23.4 Å². The molecule has 0 unspecified atom stereocenters. The van der Waals surface area contributed by atoms with Crippen LogP contribution in [0.4, 0.5) is 5.69 Å². The van der Waals surface area contributed by atoms with Crippen molar-refractivity contribution in [1.82, 2.24) is 5.32 Å². The predicted molar refractivity (Wildman–Crippen MR) is 69.6 cm³/mol. The molecule has 88 valence electrons. The molecule has 3 N–H and O–H groups in total. The van der Waals surface area contributed by atoms with Gasteiger partial charge in [-0.3, -0.25) is 4.79 Å². The summed E-state index contributed by atoms with van der Waals surface area (Å²) >= 11 is 1.71. The van der Waals surface area contributed by atoms with E-state index >= 15 is 0 Å². The average molecular weight is 238 g/mol. The van der Waals surface area contributed by atoms with Crippen molar-refractivity contribution < 1.29 is 4.79 Å². The Labute approximate surface area is 101 Å². The second-order valence-electron chi connectivity index (χ2n) is 3.67. The van der Waals surface area contributed by atoms with Crippen molar-refractivity contribution in [2.75, 3.05) is 18.5 Å². The van der Waals surface area contributed by atoms with Crippen LogP contribution < -0.4 is 11.1 Å². The third-order valence-electron chi connectivity index (χ3n) is 2.25. The lowest BCUT2D eigenvalue weighted by atomic mass is 10.2. The Morgan fingerprint density at radius 1 is 1.50 bits per heavy atom. The van der Waals surface area contributed by atoms with E-state index in [0.29, 0.717) is 6.42 Å². The lowest BCUT2D eigenvalue weighted by Crippen LogP contribution is -2.17. The smallest absolute Gasteiger partial charge is 0.219 e. The first kappa shape index (κ1) is 12.9. The maximum absolute atomic E-state index is 11.0. The summed E-state index contributed by atoms with van der Waals surface area (Å²) in [7, 11) is 1.66. The van der Waals surface area contributed by atoms with Crippen LogP contribution >= 0.6 is 11.8 Å². The Hall–Kier alpha value is -1.16. The molecule has 4 heteroatoms. The van der Waals surface area contributed by atoms with Crippen molar-refractivity contribution in [2.45, 2.75) is 24.7 Å². The molecule has 0 aromatic heterocycles. The molecular formula is C12H18N2OS. The molecule has 3 nitrogen and oxygen atoms in total. The van der Waals surface area contributed by atoms with E-state index in [4.69, 9.17) is 5.73 Å². The summed E-state index contributed by atoms with van der Waals surface area (Å²) in [6, 6.07) is 6.01. The first-order chi connectivity index (χ1) is 7.63. The fourth-order valence-corrected chi connectivity index (χ4v) is 2.32. The third kappa shape index (κ3) is 4.14. The number of benzene rings is 1. The summed E-state index contributed by atoms with van der Waals surface area (Å²) < 4.78 is 0. The second-order valence-corrected chi connectivity index (χ2v) is 4.80. The van der Waals surface area contributed by atoms with E-state index in [2.05, 4.69) is 11.4 Å². The van der Waals surface area contributed by atoms with Gasteiger partial charge >= 0.3 is 0 Å². The minimum absolute atomic E-state index is 0.0952. The van der Waals surface area contributed by atoms with E-state index in [1.165, 1.54) is 5.56 Å². The first-order valence-corrected chi connectivity index (χ1v) is 6.31. The van der Waals surface area contributed by atoms with Gasteiger partial charge in [-0.2, -0.15) is 0 Å². The molecule has 0 aliphatic carbocycles. The molecule has 0 saturated heterocycles. The first-order valence-electron chi connectivity index (χ1n) is 5.33. The van der Waals surface area contributed by atoms with Gasteiger partial charge in [0.2, 0.25) is 5.91 Å². The second kappa shape index (κ2) is 6.43. The number of carbonyl (C=O) groups is 1. The van der Waals surface area contributed by atoms with Gasteiger partial charge in [0.05, 0.1) is 0 Å². The summed E-state index contributed by atoms with van der Waals surface area (Å²) in [4.78, 5) is 12.1. The number of hydrogen-bond acceptors (Lipinski definition) is 3. The number of aryl methyl sites for hydroxylation is 1. The van der Waals surface area contributed by atoms with Crippen molar-refractivity contribution in [2.24, 2.45) is 0 Å². The van der Waals surface area contributed by atoms with Crippen LogP contribution in [0.5, 0.6) is 0 Å². The van der Waals surface area contributed by atoms with Crippen molar-refractivity contribution in [3.63, 3.8) is 0 Å². The zero-order valence-corrected chi connectivity index (χ0v) is 10.6. The Morgan fingerprint density at radius 2 is 2.25 bits per heavy atom. The van der Waals surface area contributed by atoms with E-state index in [0.717, 1.165) is 22.8 Å². The van der Waals surface area contributed by atoms with Crippen molar-refractivity contribution in [1.29, 1.82) is 0 Å². The highest BCUT2D eigenvalue weighted by Crippen LogP contribution is 2.26. The quantitative estimate of drug-likeness (QED) is 0.470. The van der Waals surface area contributed by atoms with Crippen LogP contribution in [-0.2, 0) is 4.79 Å². The van der Waals surface area contributed by atoms with Crippen LogP contribution in [0.15, 0.2) is 23.1 Å². The van der Waals surface area contributed by atoms with Crippen molar-refractivity contribution in [3.05, 3.63) is 23.8 Å². The molecular weight excluding hydrogens is 220 g/mol. The molecule has 0 bridgehead atoms. The standard InChI is InChI=1S/C12H18N2OS/c1-9-5-6-10(13)11(8-9)16-7-3-4-12(15)14-2/h5-6,8H,3-4,7,13H2,1-2H3,(H,14,15). The van der Waals surface area contributed by atoms with Crippen LogP contribution in [0.3, 0.4) is 0 Å². The Balaban J connectivity index is 2.37. The monoisotopic (exact) mass is 238 g/mol. The lowest BCUT2D eigenvalue weighted by Gasteiger charge is -2.06. The molecule has 0 atom stereocenters. The maximum Gasteiger partial charge on any atom is 0.219 e. The minimum atomic E-state index is 0.0952. The molecule has 16 heavy (non-hydrogen) atoms.